The van der Waals surface area contributed by atoms with Crippen LogP contribution in [0.5, 0.6) is 0 Å². The minimum absolute atomic E-state index is 0.147. The number of pyridine rings is 1. The number of carbonyl (C=O) groups excluding carboxylic acids is 1. The van der Waals surface area contributed by atoms with E-state index in [4.69, 9.17) is 4.74 Å². The number of carbonyl (C=O) groups is 1. The first kappa shape index (κ1) is 14.5. The summed E-state index contributed by atoms with van der Waals surface area (Å²) in [5.41, 5.74) is 1.38. The first-order chi connectivity index (χ1) is 10.7. The zero-order valence-electron chi connectivity index (χ0n) is 12.5. The maximum Gasteiger partial charge on any atom is 0.254 e. The van der Waals surface area contributed by atoms with Gasteiger partial charge < -0.3 is 15.0 Å². The highest BCUT2D eigenvalue weighted by Crippen LogP contribution is 2.13. The van der Waals surface area contributed by atoms with Crippen molar-refractivity contribution >= 4 is 11.7 Å². The lowest BCUT2D eigenvalue weighted by Crippen LogP contribution is -2.37. The van der Waals surface area contributed by atoms with E-state index in [2.05, 4.69) is 20.3 Å². The molecular formula is C15H19N5O2. The largest absolute Gasteiger partial charge is 0.378 e. The summed E-state index contributed by atoms with van der Waals surface area (Å²) >= 11 is 0. The highest BCUT2D eigenvalue weighted by Gasteiger charge is 2.13. The molecule has 0 aliphatic carbocycles. The molecule has 1 N–H and O–H groups in total. The van der Waals surface area contributed by atoms with Crippen LogP contribution >= 0.6 is 0 Å². The number of morpholine rings is 1. The van der Waals surface area contributed by atoms with Gasteiger partial charge in [-0.05, 0) is 12.1 Å². The van der Waals surface area contributed by atoms with E-state index >= 15 is 0 Å². The number of aromatic nitrogens is 3. The van der Waals surface area contributed by atoms with Crippen molar-refractivity contribution in [2.75, 3.05) is 31.2 Å². The Labute approximate surface area is 128 Å². The monoisotopic (exact) mass is 301 g/mol. The summed E-state index contributed by atoms with van der Waals surface area (Å²) in [6, 6.07) is 5.86. The Morgan fingerprint density at radius 1 is 1.36 bits per heavy atom. The molecule has 116 valence electrons. The Kier molecular flexibility index (Phi) is 4.34. The third-order valence-corrected chi connectivity index (χ3v) is 3.52. The highest BCUT2D eigenvalue weighted by molar-refractivity contribution is 5.93. The second kappa shape index (κ2) is 6.57. The van der Waals surface area contributed by atoms with Crippen LogP contribution in [0.2, 0.25) is 0 Å². The molecule has 0 saturated carbocycles. The second-order valence-electron chi connectivity index (χ2n) is 5.17. The van der Waals surface area contributed by atoms with Crippen LogP contribution in [0.25, 0.3) is 0 Å². The van der Waals surface area contributed by atoms with Crippen molar-refractivity contribution < 1.29 is 9.53 Å². The minimum Gasteiger partial charge on any atom is -0.378 e. The summed E-state index contributed by atoms with van der Waals surface area (Å²) < 4.78 is 6.95. The first-order valence-corrected chi connectivity index (χ1v) is 7.28. The summed E-state index contributed by atoms with van der Waals surface area (Å²) in [6.07, 6.45) is 3.24. The molecular weight excluding hydrogens is 282 g/mol. The molecule has 0 radical (unpaired) electrons. The number of aryl methyl sites for hydroxylation is 1. The van der Waals surface area contributed by atoms with Crippen molar-refractivity contribution in [1.29, 1.82) is 0 Å². The zero-order valence-corrected chi connectivity index (χ0v) is 12.5. The second-order valence-corrected chi connectivity index (χ2v) is 5.17. The fourth-order valence-electron chi connectivity index (χ4n) is 2.35. The molecule has 3 heterocycles. The third kappa shape index (κ3) is 3.43. The quantitative estimate of drug-likeness (QED) is 0.894. The number of amides is 1. The van der Waals surface area contributed by atoms with Gasteiger partial charge in [-0.1, -0.05) is 6.07 Å². The number of nitrogens with zero attached hydrogens (tertiary/aromatic N) is 4. The molecule has 2 aromatic heterocycles. The first-order valence-electron chi connectivity index (χ1n) is 7.28. The third-order valence-electron chi connectivity index (χ3n) is 3.52. The van der Waals surface area contributed by atoms with Crippen LogP contribution in [-0.2, 0) is 18.3 Å². The van der Waals surface area contributed by atoms with Crippen LogP contribution in [0.1, 0.15) is 16.1 Å². The van der Waals surface area contributed by atoms with Crippen molar-refractivity contribution in [3.8, 4) is 0 Å². The predicted octanol–water partition coefficient (Wildman–Crippen LogP) is 0.582. The number of rotatable bonds is 4. The molecule has 7 heteroatoms. The summed E-state index contributed by atoms with van der Waals surface area (Å²) in [7, 11) is 1.78. The Hall–Kier alpha value is -2.41. The van der Waals surface area contributed by atoms with Crippen LogP contribution in [0.3, 0.4) is 0 Å². The molecule has 1 fully saturated rings. The lowest BCUT2D eigenvalue weighted by molar-refractivity contribution is 0.0950. The van der Waals surface area contributed by atoms with Crippen molar-refractivity contribution in [3.05, 3.63) is 41.9 Å². The number of hydrogen-bond acceptors (Lipinski definition) is 5. The Balaban J connectivity index is 1.61. The van der Waals surface area contributed by atoms with Gasteiger partial charge in [0, 0.05) is 26.3 Å². The molecule has 22 heavy (non-hydrogen) atoms. The van der Waals surface area contributed by atoms with Crippen molar-refractivity contribution in [2.45, 2.75) is 6.54 Å². The van der Waals surface area contributed by atoms with Crippen molar-refractivity contribution in [3.63, 3.8) is 0 Å². The predicted molar refractivity (Wildman–Crippen MR) is 81.6 cm³/mol. The van der Waals surface area contributed by atoms with Crippen LogP contribution < -0.4 is 10.2 Å². The normalized spacial score (nSPS) is 14.9. The van der Waals surface area contributed by atoms with Crippen LogP contribution in [0.15, 0.2) is 30.6 Å². The van der Waals surface area contributed by atoms with Crippen molar-refractivity contribution in [1.82, 2.24) is 20.1 Å². The van der Waals surface area contributed by atoms with Gasteiger partial charge in [0.05, 0.1) is 37.2 Å². The number of hydrogen-bond donors (Lipinski definition) is 1. The van der Waals surface area contributed by atoms with E-state index in [0.29, 0.717) is 12.1 Å². The summed E-state index contributed by atoms with van der Waals surface area (Å²) in [5.74, 6) is 0.781. The molecule has 1 aliphatic heterocycles. The molecule has 0 aromatic carbocycles. The standard InChI is InChI=1S/C15H19N5O2/c1-19-11-12(9-17-19)15(21)16-10-13-3-2-4-14(18-13)20-5-7-22-8-6-20/h2-4,9,11H,5-8,10H2,1H3,(H,16,21). The molecule has 7 nitrogen and oxygen atoms in total. The fourth-order valence-corrected chi connectivity index (χ4v) is 2.35. The number of ether oxygens (including phenoxy) is 1. The van der Waals surface area contributed by atoms with Gasteiger partial charge in [0.15, 0.2) is 0 Å². The van der Waals surface area contributed by atoms with E-state index in [1.54, 1.807) is 24.1 Å². The highest BCUT2D eigenvalue weighted by atomic mass is 16.5. The molecule has 0 spiro atoms. The topological polar surface area (TPSA) is 72.3 Å². The van der Waals surface area contributed by atoms with E-state index in [1.807, 2.05) is 18.2 Å². The van der Waals surface area contributed by atoms with Crippen molar-refractivity contribution in [2.24, 2.45) is 7.05 Å². The molecule has 0 bridgehead atoms. The number of nitrogens with one attached hydrogen (secondary N) is 1. The van der Waals surface area contributed by atoms with Gasteiger partial charge in [-0.25, -0.2) is 4.98 Å². The maximum atomic E-state index is 12.0. The Bertz CT molecular complexity index is 649. The fraction of sp³-hybridized carbons (Fsp3) is 0.400. The average Bonchev–Trinajstić information content (AvgIpc) is 3.00. The van der Waals surface area contributed by atoms with Gasteiger partial charge in [0.1, 0.15) is 5.82 Å². The smallest absolute Gasteiger partial charge is 0.254 e. The van der Waals surface area contributed by atoms with Gasteiger partial charge in [-0.3, -0.25) is 9.48 Å². The lowest BCUT2D eigenvalue weighted by Gasteiger charge is -2.28. The van der Waals surface area contributed by atoms with Gasteiger partial charge >= 0.3 is 0 Å². The molecule has 0 atom stereocenters. The average molecular weight is 301 g/mol. The van der Waals surface area contributed by atoms with Gasteiger partial charge in [-0.15, -0.1) is 0 Å². The van der Waals surface area contributed by atoms with E-state index in [-0.39, 0.29) is 5.91 Å². The van der Waals surface area contributed by atoms with Gasteiger partial charge in [0.2, 0.25) is 0 Å². The molecule has 2 aromatic rings. The minimum atomic E-state index is -0.147. The van der Waals surface area contributed by atoms with E-state index in [0.717, 1.165) is 37.8 Å². The molecule has 3 rings (SSSR count). The van der Waals surface area contributed by atoms with Gasteiger partial charge in [0.25, 0.3) is 5.91 Å². The molecule has 0 unspecified atom stereocenters. The van der Waals surface area contributed by atoms with Crippen LogP contribution in [0.4, 0.5) is 5.82 Å². The maximum absolute atomic E-state index is 12.0. The molecule has 1 saturated heterocycles. The zero-order chi connectivity index (χ0) is 15.4. The summed E-state index contributed by atoms with van der Waals surface area (Å²) in [4.78, 5) is 18.8. The SMILES string of the molecule is Cn1cc(C(=O)NCc2cccc(N3CCOCC3)n2)cn1. The summed E-state index contributed by atoms with van der Waals surface area (Å²) in [5, 5.41) is 6.85. The molecule has 1 aliphatic rings. The lowest BCUT2D eigenvalue weighted by atomic mass is 10.3. The Morgan fingerprint density at radius 3 is 2.91 bits per heavy atom. The van der Waals surface area contributed by atoms with Gasteiger partial charge in [-0.2, -0.15) is 5.10 Å². The van der Waals surface area contributed by atoms with E-state index in [1.165, 1.54) is 0 Å². The van der Waals surface area contributed by atoms with Crippen LogP contribution in [0, 0.1) is 0 Å². The number of anilines is 1. The van der Waals surface area contributed by atoms with E-state index < -0.39 is 0 Å². The summed E-state index contributed by atoms with van der Waals surface area (Å²) in [6.45, 7) is 3.54. The van der Waals surface area contributed by atoms with Crippen LogP contribution in [-0.4, -0.2) is 47.0 Å². The van der Waals surface area contributed by atoms with E-state index in [9.17, 15) is 4.79 Å². The Morgan fingerprint density at radius 2 is 2.18 bits per heavy atom. The molecule has 1 amide bonds.